The van der Waals surface area contributed by atoms with Crippen molar-refractivity contribution in [3.63, 3.8) is 0 Å². The Labute approximate surface area is 191 Å². The molecule has 0 saturated heterocycles. The van der Waals surface area contributed by atoms with E-state index in [1.54, 1.807) is 47.0 Å². The lowest BCUT2D eigenvalue weighted by Crippen LogP contribution is -2.40. The van der Waals surface area contributed by atoms with Crippen molar-refractivity contribution in [1.82, 2.24) is 9.13 Å². The van der Waals surface area contributed by atoms with Crippen LogP contribution >= 0.6 is 0 Å². The van der Waals surface area contributed by atoms with Gasteiger partial charge in [0.1, 0.15) is 0 Å². The van der Waals surface area contributed by atoms with Crippen molar-refractivity contribution in [2.75, 3.05) is 26.1 Å². The highest BCUT2D eigenvalue weighted by molar-refractivity contribution is 5.89. The molecule has 0 saturated carbocycles. The molecule has 0 spiro atoms. The summed E-state index contributed by atoms with van der Waals surface area (Å²) in [6.07, 6.45) is 0. The maximum absolute atomic E-state index is 13.5. The first-order valence-electron chi connectivity index (χ1n) is 10.5. The number of hydrogen-bond donors (Lipinski definition) is 0. The largest absolute Gasteiger partial charge is 0.465 e. The second-order valence-corrected chi connectivity index (χ2v) is 8.03. The van der Waals surface area contributed by atoms with Crippen molar-refractivity contribution < 1.29 is 9.53 Å². The Morgan fingerprint density at radius 3 is 2.00 bits per heavy atom. The number of anilines is 1. The van der Waals surface area contributed by atoms with Gasteiger partial charge in [0.25, 0.3) is 5.56 Å². The van der Waals surface area contributed by atoms with Crippen molar-refractivity contribution in [3.8, 4) is 0 Å². The maximum atomic E-state index is 13.5. The Morgan fingerprint density at radius 2 is 1.39 bits per heavy atom. The summed E-state index contributed by atoms with van der Waals surface area (Å²) >= 11 is 0. The highest BCUT2D eigenvalue weighted by atomic mass is 16.5. The van der Waals surface area contributed by atoms with Crippen LogP contribution in [0.1, 0.15) is 21.5 Å². The second kappa shape index (κ2) is 9.16. The van der Waals surface area contributed by atoms with Crippen LogP contribution < -0.4 is 16.1 Å². The zero-order valence-corrected chi connectivity index (χ0v) is 18.8. The van der Waals surface area contributed by atoms with E-state index in [0.717, 1.165) is 16.8 Å². The third-order valence-electron chi connectivity index (χ3n) is 5.64. The van der Waals surface area contributed by atoms with Crippen molar-refractivity contribution in [1.29, 1.82) is 0 Å². The summed E-state index contributed by atoms with van der Waals surface area (Å²) in [5.74, 6) is -0.438. The molecule has 0 bridgehead atoms. The molecule has 3 aromatic carbocycles. The van der Waals surface area contributed by atoms with E-state index in [1.807, 2.05) is 49.3 Å². The standard InChI is InChI=1S/C26H25N3O4/c1-27(2)21-14-10-19(11-15-21)16-28-23-7-5-4-6-22(23)24(30)29(26(28)32)17-18-8-12-20(13-9-18)25(31)33-3/h4-15H,16-17H2,1-3H3. The third kappa shape index (κ3) is 4.43. The minimum Gasteiger partial charge on any atom is -0.465 e. The van der Waals surface area contributed by atoms with Gasteiger partial charge in [-0.1, -0.05) is 36.4 Å². The monoisotopic (exact) mass is 443 g/mol. The smallest absolute Gasteiger partial charge is 0.337 e. The molecule has 0 unspecified atom stereocenters. The molecule has 0 aliphatic carbocycles. The Balaban J connectivity index is 1.77. The third-order valence-corrected chi connectivity index (χ3v) is 5.64. The van der Waals surface area contributed by atoms with E-state index in [-0.39, 0.29) is 17.8 Å². The van der Waals surface area contributed by atoms with Crippen LogP contribution in [0.2, 0.25) is 0 Å². The SMILES string of the molecule is COC(=O)c1ccc(Cn2c(=O)c3ccccc3n(Cc3ccc(N(C)C)cc3)c2=O)cc1. The van der Waals surface area contributed by atoms with Gasteiger partial charge in [-0.3, -0.25) is 13.9 Å². The van der Waals surface area contributed by atoms with Crippen molar-refractivity contribution >= 4 is 22.6 Å². The van der Waals surface area contributed by atoms with Gasteiger partial charge in [-0.15, -0.1) is 0 Å². The Kier molecular flexibility index (Phi) is 6.13. The highest BCUT2D eigenvalue weighted by Gasteiger charge is 2.14. The number of rotatable bonds is 6. The summed E-state index contributed by atoms with van der Waals surface area (Å²) in [5.41, 5.74) is 3.04. The van der Waals surface area contributed by atoms with Gasteiger partial charge in [0.05, 0.1) is 36.7 Å². The molecule has 4 aromatic rings. The van der Waals surface area contributed by atoms with E-state index in [9.17, 15) is 14.4 Å². The lowest BCUT2D eigenvalue weighted by Gasteiger charge is -2.16. The van der Waals surface area contributed by atoms with E-state index in [1.165, 1.54) is 11.7 Å². The molecule has 0 fully saturated rings. The molecule has 33 heavy (non-hydrogen) atoms. The van der Waals surface area contributed by atoms with Gasteiger partial charge in [0, 0.05) is 19.8 Å². The van der Waals surface area contributed by atoms with Crippen LogP contribution in [0.5, 0.6) is 0 Å². The number of aromatic nitrogens is 2. The number of benzene rings is 3. The van der Waals surface area contributed by atoms with Crippen molar-refractivity contribution in [3.05, 3.63) is 110 Å². The molecule has 0 aliphatic heterocycles. The van der Waals surface area contributed by atoms with E-state index < -0.39 is 5.97 Å². The van der Waals surface area contributed by atoms with E-state index in [2.05, 4.69) is 0 Å². The van der Waals surface area contributed by atoms with Gasteiger partial charge in [0.2, 0.25) is 0 Å². The number of esters is 1. The zero-order chi connectivity index (χ0) is 23.5. The van der Waals surface area contributed by atoms with Gasteiger partial charge in [0.15, 0.2) is 0 Å². The molecule has 1 heterocycles. The van der Waals surface area contributed by atoms with Crippen LogP contribution in [-0.4, -0.2) is 36.3 Å². The van der Waals surface area contributed by atoms with Gasteiger partial charge in [-0.25, -0.2) is 9.59 Å². The van der Waals surface area contributed by atoms with Gasteiger partial charge in [-0.2, -0.15) is 0 Å². The number of methoxy groups -OCH3 is 1. The van der Waals surface area contributed by atoms with Crippen molar-refractivity contribution in [2.24, 2.45) is 0 Å². The second-order valence-electron chi connectivity index (χ2n) is 8.03. The summed E-state index contributed by atoms with van der Waals surface area (Å²) < 4.78 is 7.59. The van der Waals surface area contributed by atoms with E-state index in [4.69, 9.17) is 4.74 Å². The summed E-state index contributed by atoms with van der Waals surface area (Å²) in [5, 5.41) is 0.480. The Hall–Kier alpha value is -4.13. The molecule has 0 aliphatic rings. The number of hydrogen-bond acceptors (Lipinski definition) is 5. The number of fused-ring (bicyclic) bond motifs is 1. The Morgan fingerprint density at radius 1 is 0.818 bits per heavy atom. The van der Waals surface area contributed by atoms with Gasteiger partial charge >= 0.3 is 11.7 Å². The van der Waals surface area contributed by atoms with Crippen LogP contribution in [0.4, 0.5) is 5.69 Å². The van der Waals surface area contributed by atoms with E-state index >= 15 is 0 Å². The minimum atomic E-state index is -0.438. The number of nitrogens with zero attached hydrogens (tertiary/aromatic N) is 3. The predicted octanol–water partition coefficient (Wildman–Crippen LogP) is 3.11. The summed E-state index contributed by atoms with van der Waals surface area (Å²) in [4.78, 5) is 40.3. The molecule has 0 atom stereocenters. The summed E-state index contributed by atoms with van der Waals surface area (Å²) in [6, 6.07) is 21.8. The lowest BCUT2D eigenvalue weighted by atomic mass is 10.1. The van der Waals surface area contributed by atoms with Crippen molar-refractivity contribution in [2.45, 2.75) is 13.1 Å². The number of carbonyl (C=O) groups excluding carboxylic acids is 1. The number of para-hydroxylation sites is 1. The normalized spacial score (nSPS) is 10.9. The van der Waals surface area contributed by atoms with Crippen LogP contribution in [0.3, 0.4) is 0 Å². The summed E-state index contributed by atoms with van der Waals surface area (Å²) in [6.45, 7) is 0.443. The zero-order valence-electron chi connectivity index (χ0n) is 18.8. The van der Waals surface area contributed by atoms with Crippen LogP contribution in [-0.2, 0) is 17.8 Å². The topological polar surface area (TPSA) is 73.5 Å². The van der Waals surface area contributed by atoms with Crippen LogP contribution in [0.15, 0.2) is 82.4 Å². The van der Waals surface area contributed by atoms with E-state index in [0.29, 0.717) is 23.0 Å². The molecular formula is C26H25N3O4. The molecule has 0 N–H and O–H groups in total. The molecular weight excluding hydrogens is 418 g/mol. The molecule has 4 rings (SSSR count). The minimum absolute atomic E-state index is 0.101. The average Bonchev–Trinajstić information content (AvgIpc) is 2.84. The molecule has 0 amide bonds. The molecule has 1 aromatic heterocycles. The molecule has 168 valence electrons. The molecule has 7 heteroatoms. The molecule has 7 nitrogen and oxygen atoms in total. The number of ether oxygens (including phenoxy) is 1. The van der Waals surface area contributed by atoms with Gasteiger partial charge in [-0.05, 0) is 47.5 Å². The first kappa shape index (κ1) is 22.1. The fourth-order valence-corrected chi connectivity index (χ4v) is 3.79. The molecule has 0 radical (unpaired) electrons. The maximum Gasteiger partial charge on any atom is 0.337 e. The predicted molar refractivity (Wildman–Crippen MR) is 129 cm³/mol. The van der Waals surface area contributed by atoms with Crippen LogP contribution in [0, 0.1) is 0 Å². The first-order chi connectivity index (χ1) is 15.9. The first-order valence-corrected chi connectivity index (χ1v) is 10.5. The average molecular weight is 444 g/mol. The highest BCUT2D eigenvalue weighted by Crippen LogP contribution is 2.15. The van der Waals surface area contributed by atoms with Gasteiger partial charge < -0.3 is 9.64 Å². The Bertz CT molecular complexity index is 1420. The fourth-order valence-electron chi connectivity index (χ4n) is 3.79. The fraction of sp³-hybridized carbons (Fsp3) is 0.192. The summed E-state index contributed by atoms with van der Waals surface area (Å²) in [7, 11) is 5.27. The number of carbonyl (C=O) groups is 1. The quantitative estimate of drug-likeness (QED) is 0.428. The van der Waals surface area contributed by atoms with Crippen LogP contribution in [0.25, 0.3) is 10.9 Å². The lowest BCUT2D eigenvalue weighted by molar-refractivity contribution is 0.0600.